The summed E-state index contributed by atoms with van der Waals surface area (Å²) in [6.07, 6.45) is 0. The molecule has 1 rings (SSSR count). The van der Waals surface area contributed by atoms with Gasteiger partial charge in [0.2, 0.25) is 0 Å². The zero-order chi connectivity index (χ0) is 10.1. The van der Waals surface area contributed by atoms with Crippen LogP contribution in [0.5, 0.6) is 0 Å². The normalized spacial score (nSPS) is 11.7. The number of rotatable bonds is 2. The average molecular weight is 205 g/mol. The number of benzene rings is 1. The molecule has 13 heavy (non-hydrogen) atoms. The third kappa shape index (κ3) is 2.35. The van der Waals surface area contributed by atoms with Crippen molar-refractivity contribution in [2.24, 2.45) is 5.73 Å². The van der Waals surface area contributed by atoms with E-state index < -0.39 is 13.4 Å². The van der Waals surface area contributed by atoms with Crippen molar-refractivity contribution in [3.05, 3.63) is 29.6 Å². The molecular formula is C7H9FNO3P. The van der Waals surface area contributed by atoms with Crippen molar-refractivity contribution in [1.29, 1.82) is 0 Å². The Morgan fingerprint density at radius 2 is 2.08 bits per heavy atom. The van der Waals surface area contributed by atoms with Gasteiger partial charge in [-0.3, -0.25) is 4.57 Å². The molecule has 0 heterocycles. The average Bonchev–Trinajstić information content (AvgIpc) is 2.02. The molecule has 0 aromatic heterocycles. The monoisotopic (exact) mass is 205 g/mol. The van der Waals surface area contributed by atoms with Crippen LogP contribution in [0.2, 0.25) is 0 Å². The first kappa shape index (κ1) is 10.3. The van der Waals surface area contributed by atoms with Gasteiger partial charge in [-0.1, -0.05) is 6.07 Å². The smallest absolute Gasteiger partial charge is 0.326 e. The maximum atomic E-state index is 13.0. The summed E-state index contributed by atoms with van der Waals surface area (Å²) >= 11 is 0. The summed E-state index contributed by atoms with van der Waals surface area (Å²) < 4.78 is 23.6. The molecule has 0 spiro atoms. The lowest BCUT2D eigenvalue weighted by Gasteiger charge is -2.05. The summed E-state index contributed by atoms with van der Waals surface area (Å²) in [5, 5.41) is -0.331. The van der Waals surface area contributed by atoms with E-state index in [1.165, 1.54) is 12.1 Å². The highest BCUT2D eigenvalue weighted by Crippen LogP contribution is 2.33. The lowest BCUT2D eigenvalue weighted by molar-refractivity contribution is 0.387. The first-order chi connectivity index (χ1) is 5.95. The molecule has 4 N–H and O–H groups in total. The number of nitrogens with two attached hydrogens (primary N) is 1. The molecule has 0 amide bonds. The van der Waals surface area contributed by atoms with Gasteiger partial charge in [0.05, 0.1) is 5.30 Å². The Morgan fingerprint density at radius 3 is 2.46 bits per heavy atom. The van der Waals surface area contributed by atoms with E-state index in [-0.39, 0.29) is 17.4 Å². The zero-order valence-electron chi connectivity index (χ0n) is 6.64. The molecule has 1 aromatic rings. The van der Waals surface area contributed by atoms with Crippen LogP contribution in [0, 0.1) is 5.82 Å². The van der Waals surface area contributed by atoms with E-state index in [9.17, 15) is 8.96 Å². The molecule has 1 aromatic carbocycles. The van der Waals surface area contributed by atoms with Crippen molar-refractivity contribution in [2.45, 2.75) is 6.54 Å². The van der Waals surface area contributed by atoms with Crippen LogP contribution in [-0.2, 0) is 11.1 Å². The number of hydrogen-bond donors (Lipinski definition) is 3. The lowest BCUT2D eigenvalue weighted by Crippen LogP contribution is -2.08. The van der Waals surface area contributed by atoms with Crippen molar-refractivity contribution in [3.8, 4) is 0 Å². The first-order valence-corrected chi connectivity index (χ1v) is 5.11. The molecule has 4 nitrogen and oxygen atoms in total. The molecule has 0 radical (unpaired) electrons. The third-order valence-electron chi connectivity index (χ3n) is 1.59. The summed E-state index contributed by atoms with van der Waals surface area (Å²) in [4.78, 5) is 17.4. The number of hydrogen-bond acceptors (Lipinski definition) is 2. The fourth-order valence-corrected chi connectivity index (χ4v) is 1.43. The quantitative estimate of drug-likeness (QED) is 0.597. The van der Waals surface area contributed by atoms with Gasteiger partial charge in [0, 0.05) is 12.1 Å². The maximum absolute atomic E-state index is 13.0. The van der Waals surface area contributed by atoms with Crippen molar-refractivity contribution >= 4 is 12.9 Å². The van der Waals surface area contributed by atoms with Crippen molar-refractivity contribution in [2.75, 3.05) is 0 Å². The zero-order valence-corrected chi connectivity index (χ0v) is 7.54. The highest BCUT2D eigenvalue weighted by Gasteiger charge is 2.18. The van der Waals surface area contributed by atoms with Crippen molar-refractivity contribution in [1.82, 2.24) is 0 Å². The molecule has 0 saturated carbocycles. The molecule has 0 aliphatic heterocycles. The molecule has 6 heteroatoms. The van der Waals surface area contributed by atoms with Crippen LogP contribution in [0.4, 0.5) is 4.39 Å². The van der Waals surface area contributed by atoms with Crippen LogP contribution in [0.3, 0.4) is 0 Å². The summed E-state index contributed by atoms with van der Waals surface area (Å²) in [6.45, 7) is 0.00721. The topological polar surface area (TPSA) is 83.6 Å². The Morgan fingerprint density at radius 1 is 1.46 bits per heavy atom. The minimum atomic E-state index is -4.36. The predicted molar refractivity (Wildman–Crippen MR) is 46.0 cm³/mol. The fourth-order valence-electron chi connectivity index (χ4n) is 0.883. The van der Waals surface area contributed by atoms with Gasteiger partial charge in [-0.15, -0.1) is 0 Å². The molecule has 0 atom stereocenters. The van der Waals surface area contributed by atoms with Gasteiger partial charge in [-0.2, -0.15) is 0 Å². The SMILES string of the molecule is NCc1ccc(P(=O)(O)O)cc1F. The van der Waals surface area contributed by atoms with E-state index in [4.69, 9.17) is 15.5 Å². The van der Waals surface area contributed by atoms with Crippen LogP contribution < -0.4 is 11.0 Å². The van der Waals surface area contributed by atoms with E-state index in [1.807, 2.05) is 0 Å². The summed E-state index contributed by atoms with van der Waals surface area (Å²) in [6, 6.07) is 3.25. The molecule has 0 bridgehead atoms. The second-order valence-corrected chi connectivity index (χ2v) is 4.13. The highest BCUT2D eigenvalue weighted by atomic mass is 31.2. The molecular weight excluding hydrogens is 196 g/mol. The van der Waals surface area contributed by atoms with Crippen LogP contribution in [0.1, 0.15) is 5.56 Å². The van der Waals surface area contributed by atoms with E-state index in [0.717, 1.165) is 6.07 Å². The van der Waals surface area contributed by atoms with Crippen molar-refractivity contribution < 1.29 is 18.7 Å². The molecule has 0 aliphatic carbocycles. The summed E-state index contributed by atoms with van der Waals surface area (Å²) in [5.74, 6) is -0.691. The maximum Gasteiger partial charge on any atom is 0.356 e. The Hall–Kier alpha value is -0.740. The minimum Gasteiger partial charge on any atom is -0.326 e. The van der Waals surface area contributed by atoms with E-state index >= 15 is 0 Å². The fraction of sp³-hybridized carbons (Fsp3) is 0.143. The van der Waals surface area contributed by atoms with Gasteiger partial charge in [0.1, 0.15) is 5.82 Å². The van der Waals surface area contributed by atoms with Crippen molar-refractivity contribution in [3.63, 3.8) is 0 Å². The Balaban J connectivity index is 3.18. The van der Waals surface area contributed by atoms with Gasteiger partial charge >= 0.3 is 7.60 Å². The van der Waals surface area contributed by atoms with Crippen LogP contribution >= 0.6 is 7.60 Å². The van der Waals surface area contributed by atoms with E-state index in [1.54, 1.807) is 0 Å². The Labute approximate surface area is 74.4 Å². The van der Waals surface area contributed by atoms with Crippen LogP contribution in [0.25, 0.3) is 0 Å². The standard InChI is InChI=1S/C7H9FNO3P/c8-7-3-6(13(10,11)12)2-1-5(7)4-9/h1-3H,4,9H2,(H2,10,11,12). The minimum absolute atomic E-state index is 0.00721. The molecule has 0 unspecified atom stereocenters. The largest absolute Gasteiger partial charge is 0.356 e. The van der Waals surface area contributed by atoms with E-state index in [0.29, 0.717) is 0 Å². The molecule has 0 aliphatic rings. The second kappa shape index (κ2) is 3.55. The van der Waals surface area contributed by atoms with Crippen LogP contribution in [0.15, 0.2) is 18.2 Å². The third-order valence-corrected chi connectivity index (χ3v) is 2.54. The highest BCUT2D eigenvalue weighted by molar-refractivity contribution is 7.60. The number of halogens is 1. The van der Waals surface area contributed by atoms with Gasteiger partial charge in [-0.05, 0) is 12.1 Å². The van der Waals surface area contributed by atoms with Crippen LogP contribution in [-0.4, -0.2) is 9.79 Å². The lowest BCUT2D eigenvalue weighted by atomic mass is 10.2. The van der Waals surface area contributed by atoms with Gasteiger partial charge in [-0.25, -0.2) is 4.39 Å². The van der Waals surface area contributed by atoms with Gasteiger partial charge in [0.15, 0.2) is 0 Å². The predicted octanol–water partition coefficient (Wildman–Crippen LogP) is 0.0874. The van der Waals surface area contributed by atoms with Gasteiger partial charge < -0.3 is 15.5 Å². The Bertz CT molecular complexity index is 363. The summed E-state index contributed by atoms with van der Waals surface area (Å²) in [5.41, 5.74) is 5.41. The van der Waals surface area contributed by atoms with Gasteiger partial charge in [0.25, 0.3) is 0 Å². The molecule has 0 fully saturated rings. The molecule has 72 valence electrons. The second-order valence-electron chi connectivity index (χ2n) is 2.52. The first-order valence-electron chi connectivity index (χ1n) is 3.49. The Kier molecular flexibility index (Phi) is 2.83. The molecule has 0 saturated heterocycles. The summed E-state index contributed by atoms with van der Waals surface area (Å²) in [7, 11) is -4.36. The van der Waals surface area contributed by atoms with E-state index in [2.05, 4.69) is 0 Å².